The Hall–Kier alpha value is -3.39. The third-order valence-corrected chi connectivity index (χ3v) is 5.32. The molecular weight excluding hydrogens is 402 g/mol. The highest BCUT2D eigenvalue weighted by Crippen LogP contribution is 2.24. The maximum atomic E-state index is 12.9. The second-order valence-electron chi connectivity index (χ2n) is 6.69. The van der Waals surface area contributed by atoms with Crippen LogP contribution in [0.5, 0.6) is 0 Å². The Bertz CT molecular complexity index is 1030. The third-order valence-electron chi connectivity index (χ3n) is 4.33. The molecule has 8 heteroatoms. The molecule has 0 aliphatic rings. The minimum atomic E-state index is -0.385. The Balaban J connectivity index is 1.65. The maximum Gasteiger partial charge on any atom is 0.291 e. The topological polar surface area (TPSA) is 91.7 Å². The van der Waals surface area contributed by atoms with Crippen molar-refractivity contribution >= 4 is 39.7 Å². The predicted octanol–water partition coefficient (Wildman–Crippen LogP) is 4.39. The smallest absolute Gasteiger partial charge is 0.291 e. The number of carbonyl (C=O) groups is 3. The number of rotatable bonds is 8. The van der Waals surface area contributed by atoms with E-state index in [0.29, 0.717) is 16.4 Å². The van der Waals surface area contributed by atoms with E-state index >= 15 is 0 Å². The number of hydrogen-bond acceptors (Lipinski definition) is 5. The first-order valence-electron chi connectivity index (χ1n) is 9.57. The number of benzene rings is 1. The summed E-state index contributed by atoms with van der Waals surface area (Å²) in [5, 5.41) is 6.09. The number of nitrogens with one attached hydrogen (secondary N) is 2. The van der Waals surface area contributed by atoms with Crippen LogP contribution in [0, 0.1) is 6.92 Å². The summed E-state index contributed by atoms with van der Waals surface area (Å²) in [5.41, 5.74) is 1.68. The van der Waals surface area contributed by atoms with Crippen molar-refractivity contribution in [1.82, 2.24) is 4.90 Å². The number of aryl methyl sites for hydroxylation is 1. The molecule has 0 aliphatic heterocycles. The van der Waals surface area contributed by atoms with Crippen molar-refractivity contribution in [2.24, 2.45) is 0 Å². The van der Waals surface area contributed by atoms with Crippen molar-refractivity contribution in [2.75, 3.05) is 23.7 Å². The number of para-hydroxylation sites is 1. The second kappa shape index (κ2) is 9.89. The first kappa shape index (κ1) is 21.3. The van der Waals surface area contributed by atoms with Crippen LogP contribution in [-0.2, 0) is 4.79 Å². The average molecular weight is 426 g/mol. The Morgan fingerprint density at radius 2 is 1.83 bits per heavy atom. The maximum absolute atomic E-state index is 12.9. The summed E-state index contributed by atoms with van der Waals surface area (Å²) >= 11 is 1.16. The lowest BCUT2D eigenvalue weighted by Crippen LogP contribution is -2.38. The molecule has 3 aromatic rings. The summed E-state index contributed by atoms with van der Waals surface area (Å²) < 4.78 is 5.07. The predicted molar refractivity (Wildman–Crippen MR) is 117 cm³/mol. The molecule has 7 nitrogen and oxygen atoms in total. The van der Waals surface area contributed by atoms with Gasteiger partial charge in [0.15, 0.2) is 5.76 Å². The molecule has 156 valence electrons. The van der Waals surface area contributed by atoms with Gasteiger partial charge in [-0.3, -0.25) is 14.4 Å². The summed E-state index contributed by atoms with van der Waals surface area (Å²) in [6.45, 7) is 4.26. The quantitative estimate of drug-likeness (QED) is 0.560. The molecule has 0 saturated heterocycles. The number of amides is 3. The fourth-order valence-corrected chi connectivity index (χ4v) is 3.72. The van der Waals surface area contributed by atoms with Gasteiger partial charge in [0.05, 0.1) is 16.1 Å². The van der Waals surface area contributed by atoms with E-state index < -0.39 is 0 Å². The number of carbonyl (C=O) groups excluding carboxylic acids is 3. The highest BCUT2D eigenvalue weighted by atomic mass is 32.1. The highest BCUT2D eigenvalue weighted by molar-refractivity contribution is 7.18. The molecule has 2 heterocycles. The third kappa shape index (κ3) is 5.36. The number of thiophene rings is 1. The molecule has 0 radical (unpaired) electrons. The molecule has 1 aromatic carbocycles. The molecule has 0 aliphatic carbocycles. The van der Waals surface area contributed by atoms with Gasteiger partial charge in [-0.1, -0.05) is 25.1 Å². The Morgan fingerprint density at radius 1 is 1.03 bits per heavy atom. The van der Waals surface area contributed by atoms with Gasteiger partial charge in [-0.15, -0.1) is 11.3 Å². The zero-order valence-electron chi connectivity index (χ0n) is 16.8. The largest absolute Gasteiger partial charge is 0.459 e. The molecule has 0 saturated carbocycles. The SMILES string of the molecule is CCCN(CC(=O)Nc1ccccc1C)C(=O)c1ccc(NC(=O)c2ccco2)s1. The zero-order chi connectivity index (χ0) is 21.5. The number of nitrogens with zero attached hydrogens (tertiary/aromatic N) is 1. The molecular formula is C22H23N3O4S. The molecule has 3 rings (SSSR count). The lowest BCUT2D eigenvalue weighted by Gasteiger charge is -2.21. The van der Waals surface area contributed by atoms with E-state index in [0.717, 1.165) is 29.0 Å². The van der Waals surface area contributed by atoms with E-state index in [1.54, 1.807) is 24.3 Å². The van der Waals surface area contributed by atoms with Crippen LogP contribution in [0.1, 0.15) is 39.1 Å². The molecule has 30 heavy (non-hydrogen) atoms. The molecule has 2 N–H and O–H groups in total. The fourth-order valence-electron chi connectivity index (χ4n) is 2.86. The van der Waals surface area contributed by atoms with Crippen LogP contribution in [0.3, 0.4) is 0 Å². The van der Waals surface area contributed by atoms with Gasteiger partial charge >= 0.3 is 0 Å². The van der Waals surface area contributed by atoms with E-state index in [4.69, 9.17) is 4.42 Å². The first-order chi connectivity index (χ1) is 14.5. The van der Waals surface area contributed by atoms with Gasteiger partial charge in [0.2, 0.25) is 5.91 Å². The molecule has 0 unspecified atom stereocenters. The molecule has 2 aromatic heterocycles. The van der Waals surface area contributed by atoms with E-state index in [-0.39, 0.29) is 30.0 Å². The molecule has 0 spiro atoms. The standard InChI is InChI=1S/C22H23N3O4S/c1-3-12-25(14-19(26)23-16-8-5-4-7-15(16)2)22(28)18-10-11-20(30-18)24-21(27)17-9-6-13-29-17/h4-11,13H,3,12,14H2,1-2H3,(H,23,26)(H,24,27). The van der Waals surface area contributed by atoms with E-state index in [9.17, 15) is 14.4 Å². The molecule has 0 atom stereocenters. The van der Waals surface area contributed by atoms with Gasteiger partial charge in [0.25, 0.3) is 11.8 Å². The van der Waals surface area contributed by atoms with Crippen molar-refractivity contribution in [1.29, 1.82) is 0 Å². The second-order valence-corrected chi connectivity index (χ2v) is 7.77. The van der Waals surface area contributed by atoms with Gasteiger partial charge in [-0.05, 0) is 49.2 Å². The lowest BCUT2D eigenvalue weighted by molar-refractivity contribution is -0.116. The summed E-state index contributed by atoms with van der Waals surface area (Å²) in [5.74, 6) is -0.699. The van der Waals surface area contributed by atoms with Gasteiger partial charge < -0.3 is 20.0 Å². The van der Waals surface area contributed by atoms with Crippen LogP contribution in [0.15, 0.2) is 59.2 Å². The molecule has 0 bridgehead atoms. The van der Waals surface area contributed by atoms with Crippen LogP contribution in [0.4, 0.5) is 10.7 Å². The van der Waals surface area contributed by atoms with Crippen molar-refractivity contribution in [3.8, 4) is 0 Å². The van der Waals surface area contributed by atoms with Gasteiger partial charge in [-0.25, -0.2) is 0 Å². The first-order valence-corrected chi connectivity index (χ1v) is 10.4. The van der Waals surface area contributed by atoms with Gasteiger partial charge in [-0.2, -0.15) is 0 Å². The van der Waals surface area contributed by atoms with Crippen molar-refractivity contribution in [3.63, 3.8) is 0 Å². The van der Waals surface area contributed by atoms with Gasteiger partial charge in [0.1, 0.15) is 6.54 Å². The lowest BCUT2D eigenvalue weighted by atomic mass is 10.2. The van der Waals surface area contributed by atoms with Crippen molar-refractivity contribution in [2.45, 2.75) is 20.3 Å². The number of hydrogen-bond donors (Lipinski definition) is 2. The van der Waals surface area contributed by atoms with Crippen LogP contribution in [-0.4, -0.2) is 35.7 Å². The van der Waals surface area contributed by atoms with Crippen molar-refractivity contribution < 1.29 is 18.8 Å². The highest BCUT2D eigenvalue weighted by Gasteiger charge is 2.21. The zero-order valence-corrected chi connectivity index (χ0v) is 17.6. The van der Waals surface area contributed by atoms with E-state index in [1.807, 2.05) is 38.1 Å². The summed E-state index contributed by atoms with van der Waals surface area (Å²) in [6, 6.07) is 14.0. The minimum absolute atomic E-state index is 0.0486. The van der Waals surface area contributed by atoms with E-state index in [1.165, 1.54) is 11.2 Å². The number of furan rings is 1. The van der Waals surface area contributed by atoms with E-state index in [2.05, 4.69) is 10.6 Å². The Morgan fingerprint density at radius 3 is 2.53 bits per heavy atom. The Kier molecular flexibility index (Phi) is 7.03. The average Bonchev–Trinajstić information content (AvgIpc) is 3.41. The molecule has 3 amide bonds. The monoisotopic (exact) mass is 425 g/mol. The fraction of sp³-hybridized carbons (Fsp3) is 0.227. The number of anilines is 2. The summed E-state index contributed by atoms with van der Waals surface area (Å²) in [6.07, 6.45) is 2.14. The summed E-state index contributed by atoms with van der Waals surface area (Å²) in [4.78, 5) is 39.5. The van der Waals surface area contributed by atoms with Crippen LogP contribution in [0.25, 0.3) is 0 Å². The Labute approximate surface area is 178 Å². The minimum Gasteiger partial charge on any atom is -0.459 e. The summed E-state index contributed by atoms with van der Waals surface area (Å²) in [7, 11) is 0. The molecule has 0 fully saturated rings. The normalized spacial score (nSPS) is 10.5. The van der Waals surface area contributed by atoms with Gasteiger partial charge in [0, 0.05) is 12.2 Å². The van der Waals surface area contributed by atoms with Crippen molar-refractivity contribution in [3.05, 3.63) is 71.0 Å². The van der Waals surface area contributed by atoms with Crippen LogP contribution >= 0.6 is 11.3 Å². The van der Waals surface area contributed by atoms with Crippen LogP contribution in [0.2, 0.25) is 0 Å². The van der Waals surface area contributed by atoms with Crippen LogP contribution < -0.4 is 10.6 Å².